The standard InChI is InChI=1S/C38H65NO5/c1-23(2)25(5)33(6)17-18-35(8)26-13-14-29-34(7)20-43-22-38(29,27(26)15-16-36(35,9)30(33)32(40)41)19-28(42-12)31(34)44-21-37(10,39-11)24(3)4/h15,23-26,28-31,39H,13-14,16-22H2,1-12H3,(H,40,41)/t25-,26+,28-,29+,30-,31+,33-,34-,35-,36+,37-,38+/m1/s1. The molecule has 6 nitrogen and oxygen atoms in total. The summed E-state index contributed by atoms with van der Waals surface area (Å²) in [6, 6.07) is 0. The first kappa shape index (κ1) is 34.4. The van der Waals surface area contributed by atoms with E-state index in [9.17, 15) is 9.90 Å². The minimum atomic E-state index is -0.599. The van der Waals surface area contributed by atoms with E-state index in [1.54, 1.807) is 5.57 Å². The Hall–Kier alpha value is -0.950. The van der Waals surface area contributed by atoms with Gasteiger partial charge in [0.15, 0.2) is 0 Å². The van der Waals surface area contributed by atoms with E-state index < -0.39 is 5.97 Å². The second kappa shape index (κ2) is 11.3. The van der Waals surface area contributed by atoms with Crippen molar-refractivity contribution in [3.05, 3.63) is 11.6 Å². The van der Waals surface area contributed by atoms with Crippen molar-refractivity contribution in [1.82, 2.24) is 5.32 Å². The summed E-state index contributed by atoms with van der Waals surface area (Å²) in [6.07, 6.45) is 8.52. The molecule has 4 aliphatic carbocycles. The molecule has 0 radical (unpaired) electrons. The fraction of sp³-hybridized carbons (Fsp3) is 0.921. The number of methoxy groups -OCH3 is 1. The van der Waals surface area contributed by atoms with E-state index in [4.69, 9.17) is 14.2 Å². The average Bonchev–Trinajstić information content (AvgIpc) is 2.95. The van der Waals surface area contributed by atoms with Crippen LogP contribution in [0.4, 0.5) is 0 Å². The lowest BCUT2D eigenvalue weighted by Crippen LogP contribution is -2.70. The van der Waals surface area contributed by atoms with Gasteiger partial charge in [-0.2, -0.15) is 0 Å². The summed E-state index contributed by atoms with van der Waals surface area (Å²) in [5, 5.41) is 14.5. The lowest BCUT2D eigenvalue weighted by atomic mass is 9.34. The van der Waals surface area contributed by atoms with Crippen molar-refractivity contribution in [3.8, 4) is 0 Å². The molecule has 1 aliphatic heterocycles. The van der Waals surface area contributed by atoms with Gasteiger partial charge in [0, 0.05) is 23.5 Å². The maximum atomic E-state index is 13.3. The van der Waals surface area contributed by atoms with Crippen molar-refractivity contribution < 1.29 is 24.1 Å². The molecule has 5 aliphatic rings. The van der Waals surface area contributed by atoms with Crippen molar-refractivity contribution >= 4 is 5.97 Å². The summed E-state index contributed by atoms with van der Waals surface area (Å²) in [4.78, 5) is 13.3. The van der Waals surface area contributed by atoms with E-state index in [0.717, 1.165) is 45.1 Å². The molecule has 12 atom stereocenters. The van der Waals surface area contributed by atoms with Crippen LogP contribution in [0.2, 0.25) is 0 Å². The summed E-state index contributed by atoms with van der Waals surface area (Å²) in [5.41, 5.74) is 0.591. The number of carboxylic acids is 1. The summed E-state index contributed by atoms with van der Waals surface area (Å²) < 4.78 is 19.9. The van der Waals surface area contributed by atoms with Crippen molar-refractivity contribution in [2.75, 3.05) is 34.0 Å². The quantitative estimate of drug-likeness (QED) is 0.260. The highest BCUT2D eigenvalue weighted by atomic mass is 16.5. The minimum absolute atomic E-state index is 0.0116. The minimum Gasteiger partial charge on any atom is -0.481 e. The molecule has 2 N–H and O–H groups in total. The lowest BCUT2D eigenvalue weighted by Gasteiger charge is -2.71. The summed E-state index contributed by atoms with van der Waals surface area (Å²) in [6.45, 7) is 25.1. The first-order valence-corrected chi connectivity index (χ1v) is 17.8. The fourth-order valence-electron chi connectivity index (χ4n) is 11.9. The fourth-order valence-corrected chi connectivity index (χ4v) is 11.9. The number of rotatable bonds is 9. The Labute approximate surface area is 268 Å². The zero-order valence-electron chi connectivity index (χ0n) is 30.1. The Morgan fingerprint density at radius 1 is 1.09 bits per heavy atom. The molecule has 3 saturated carbocycles. The van der Waals surface area contributed by atoms with E-state index in [-0.39, 0.29) is 50.7 Å². The van der Waals surface area contributed by atoms with Crippen LogP contribution in [0.3, 0.4) is 0 Å². The molecule has 0 amide bonds. The summed E-state index contributed by atoms with van der Waals surface area (Å²) >= 11 is 0. The van der Waals surface area contributed by atoms with Crippen molar-refractivity contribution in [2.45, 2.75) is 126 Å². The van der Waals surface area contributed by atoms with Crippen LogP contribution in [0.25, 0.3) is 0 Å². The van der Waals surface area contributed by atoms with Crippen LogP contribution in [0.5, 0.6) is 0 Å². The number of allylic oxidation sites excluding steroid dienone is 1. The predicted octanol–water partition coefficient (Wildman–Crippen LogP) is 7.61. The van der Waals surface area contributed by atoms with Crippen LogP contribution >= 0.6 is 0 Å². The van der Waals surface area contributed by atoms with Crippen molar-refractivity contribution in [1.29, 1.82) is 0 Å². The molecule has 44 heavy (non-hydrogen) atoms. The SMILES string of the molecule is CN[C@](C)(CO[C@H]1[C@H](OC)C[C@@]23COC[C@]1(C)[C@@H]2CC[C@H]1C3=CC[C@@]2(C)[C@H](C(=O)O)[C@@](C)([C@H](C)C(C)C)CC[C@]12C)C(C)C. The molecule has 0 aromatic heterocycles. The van der Waals surface area contributed by atoms with Gasteiger partial charge in [-0.1, -0.05) is 74.0 Å². The number of hydrogen-bond donors (Lipinski definition) is 2. The third-order valence-electron chi connectivity index (χ3n) is 15.8. The van der Waals surface area contributed by atoms with Gasteiger partial charge in [0.05, 0.1) is 37.9 Å². The van der Waals surface area contributed by atoms with Crippen molar-refractivity contribution in [2.24, 2.45) is 62.6 Å². The van der Waals surface area contributed by atoms with E-state index >= 15 is 0 Å². The molecule has 0 unspecified atom stereocenters. The zero-order valence-corrected chi connectivity index (χ0v) is 30.1. The Balaban J connectivity index is 1.54. The number of fused-ring (bicyclic) bond motifs is 3. The third kappa shape index (κ3) is 4.57. The predicted molar refractivity (Wildman–Crippen MR) is 176 cm³/mol. The number of aliphatic carboxylic acids is 1. The molecule has 6 heteroatoms. The van der Waals surface area contributed by atoms with Crippen LogP contribution < -0.4 is 5.32 Å². The van der Waals surface area contributed by atoms with Gasteiger partial charge in [0.1, 0.15) is 0 Å². The number of likely N-dealkylation sites (N-methyl/N-ethyl adjacent to an activating group) is 1. The maximum Gasteiger partial charge on any atom is 0.307 e. The van der Waals surface area contributed by atoms with Gasteiger partial charge < -0.3 is 24.6 Å². The molecule has 4 fully saturated rings. The van der Waals surface area contributed by atoms with Gasteiger partial charge in [-0.15, -0.1) is 0 Å². The van der Waals surface area contributed by atoms with Gasteiger partial charge in [0.2, 0.25) is 0 Å². The number of carbonyl (C=O) groups is 1. The number of ether oxygens (including phenoxy) is 3. The van der Waals surface area contributed by atoms with E-state index in [2.05, 4.69) is 80.6 Å². The largest absolute Gasteiger partial charge is 0.481 e. The smallest absolute Gasteiger partial charge is 0.307 e. The second-order valence-corrected chi connectivity index (χ2v) is 17.9. The van der Waals surface area contributed by atoms with E-state index in [1.807, 2.05) is 14.2 Å². The Morgan fingerprint density at radius 3 is 2.34 bits per heavy atom. The van der Waals surface area contributed by atoms with Crippen LogP contribution in [0.1, 0.15) is 108 Å². The Morgan fingerprint density at radius 2 is 1.77 bits per heavy atom. The molecule has 1 saturated heterocycles. The topological polar surface area (TPSA) is 77.0 Å². The first-order chi connectivity index (χ1) is 20.4. The Bertz CT molecular complexity index is 1140. The number of nitrogens with one attached hydrogen (secondary N) is 1. The van der Waals surface area contributed by atoms with Crippen LogP contribution in [-0.2, 0) is 19.0 Å². The van der Waals surface area contributed by atoms with E-state index in [0.29, 0.717) is 42.8 Å². The highest BCUT2D eigenvalue weighted by Gasteiger charge is 2.71. The van der Waals surface area contributed by atoms with Gasteiger partial charge in [-0.25, -0.2) is 0 Å². The number of hydrogen-bond acceptors (Lipinski definition) is 5. The molecular weight excluding hydrogens is 550 g/mol. The van der Waals surface area contributed by atoms with Gasteiger partial charge in [0.25, 0.3) is 0 Å². The van der Waals surface area contributed by atoms with Crippen LogP contribution in [0, 0.1) is 62.6 Å². The van der Waals surface area contributed by atoms with E-state index in [1.165, 1.54) is 0 Å². The number of carboxylic acid groups (broad SMARTS) is 1. The average molecular weight is 616 g/mol. The molecule has 0 aromatic rings. The molecule has 5 rings (SSSR count). The monoisotopic (exact) mass is 615 g/mol. The van der Waals surface area contributed by atoms with Gasteiger partial charge in [-0.3, -0.25) is 4.79 Å². The van der Waals surface area contributed by atoms with Gasteiger partial charge in [-0.05, 0) is 98.3 Å². The summed E-state index contributed by atoms with van der Waals surface area (Å²) in [7, 11) is 3.90. The van der Waals surface area contributed by atoms with Gasteiger partial charge >= 0.3 is 5.97 Å². The highest BCUT2D eigenvalue weighted by molar-refractivity contribution is 5.73. The molecular formula is C38H65NO5. The van der Waals surface area contributed by atoms with Crippen molar-refractivity contribution in [3.63, 3.8) is 0 Å². The summed E-state index contributed by atoms with van der Waals surface area (Å²) in [5.74, 6) is 1.08. The molecule has 1 heterocycles. The molecule has 252 valence electrons. The Kier molecular flexibility index (Phi) is 8.86. The second-order valence-electron chi connectivity index (χ2n) is 17.9. The molecule has 0 spiro atoms. The maximum absolute atomic E-state index is 13.3. The third-order valence-corrected chi connectivity index (χ3v) is 15.8. The molecule has 2 bridgehead atoms. The molecule has 0 aromatic carbocycles. The first-order valence-electron chi connectivity index (χ1n) is 17.8. The van der Waals surface area contributed by atoms with Crippen LogP contribution in [0.15, 0.2) is 11.6 Å². The normalized spacial score (nSPS) is 47.2. The van der Waals surface area contributed by atoms with Crippen LogP contribution in [-0.4, -0.2) is 62.8 Å². The highest BCUT2D eigenvalue weighted by Crippen LogP contribution is 2.75. The lowest BCUT2D eigenvalue weighted by molar-refractivity contribution is -0.270. The zero-order chi connectivity index (χ0) is 32.7.